The third-order valence-corrected chi connectivity index (χ3v) is 5.13. The van der Waals surface area contributed by atoms with Crippen LogP contribution in [0, 0.1) is 13.8 Å². The molecule has 0 saturated carbocycles. The molecular weight excluding hydrogens is 374 g/mol. The Morgan fingerprint density at radius 1 is 1.07 bits per heavy atom. The molecule has 0 atom stereocenters. The van der Waals surface area contributed by atoms with Crippen molar-refractivity contribution in [3.8, 4) is 16.9 Å². The molecule has 2 heterocycles. The van der Waals surface area contributed by atoms with Gasteiger partial charge in [0.1, 0.15) is 5.69 Å². The van der Waals surface area contributed by atoms with Crippen LogP contribution in [-0.4, -0.2) is 37.4 Å². The van der Waals surface area contributed by atoms with Gasteiger partial charge in [-0.15, -0.1) is 0 Å². The van der Waals surface area contributed by atoms with Crippen molar-refractivity contribution in [2.45, 2.75) is 20.4 Å². The molecule has 0 saturated heterocycles. The van der Waals surface area contributed by atoms with E-state index in [1.54, 1.807) is 27.5 Å². The van der Waals surface area contributed by atoms with Gasteiger partial charge in [0.05, 0.1) is 17.4 Å². The zero-order valence-electron chi connectivity index (χ0n) is 17.7. The number of hydrogen-bond acceptors (Lipinski definition) is 3. The van der Waals surface area contributed by atoms with Crippen molar-refractivity contribution >= 4 is 5.91 Å². The van der Waals surface area contributed by atoms with Gasteiger partial charge in [-0.3, -0.25) is 9.48 Å². The summed E-state index contributed by atoms with van der Waals surface area (Å²) < 4.78 is 3.52. The molecule has 6 heteroatoms. The normalized spacial score (nSPS) is 10.9. The fraction of sp³-hybridized carbons (Fsp3) is 0.208. The molecular formula is C24H25N5O. The molecule has 0 fully saturated rings. The number of amides is 1. The van der Waals surface area contributed by atoms with Gasteiger partial charge in [-0.1, -0.05) is 42.0 Å². The first-order valence-electron chi connectivity index (χ1n) is 9.88. The van der Waals surface area contributed by atoms with Crippen LogP contribution in [0.1, 0.15) is 27.0 Å². The fourth-order valence-corrected chi connectivity index (χ4v) is 3.63. The number of rotatable bonds is 5. The van der Waals surface area contributed by atoms with Gasteiger partial charge in [0.25, 0.3) is 5.91 Å². The Morgan fingerprint density at radius 2 is 1.83 bits per heavy atom. The summed E-state index contributed by atoms with van der Waals surface area (Å²) in [6, 6.07) is 16.1. The highest BCUT2D eigenvalue weighted by molar-refractivity contribution is 6.00. The zero-order valence-corrected chi connectivity index (χ0v) is 17.7. The minimum Gasteiger partial charge on any atom is -0.337 e. The highest BCUT2D eigenvalue weighted by atomic mass is 16.2. The van der Waals surface area contributed by atoms with Crippen LogP contribution in [0.25, 0.3) is 16.9 Å². The first-order valence-corrected chi connectivity index (χ1v) is 9.88. The second-order valence-electron chi connectivity index (χ2n) is 7.67. The summed E-state index contributed by atoms with van der Waals surface area (Å²) in [5.41, 5.74) is 6.41. The van der Waals surface area contributed by atoms with Gasteiger partial charge in [-0.25, -0.2) is 4.68 Å². The molecule has 2 aromatic carbocycles. The average molecular weight is 399 g/mol. The van der Waals surface area contributed by atoms with Crippen LogP contribution in [0.3, 0.4) is 0 Å². The fourth-order valence-electron chi connectivity index (χ4n) is 3.63. The van der Waals surface area contributed by atoms with E-state index in [-0.39, 0.29) is 5.91 Å². The van der Waals surface area contributed by atoms with Crippen molar-refractivity contribution in [2.24, 2.45) is 7.05 Å². The number of carbonyl (C=O) groups excluding carboxylic acids is 1. The Balaban J connectivity index is 1.76. The Morgan fingerprint density at radius 3 is 2.50 bits per heavy atom. The SMILES string of the molecule is Cc1ccc(-c2nn(-c3ccccc3)cc2C(=O)N(C)Cc2cnn(C)c2)c(C)c1. The van der Waals surface area contributed by atoms with Crippen molar-refractivity contribution in [2.75, 3.05) is 7.05 Å². The van der Waals surface area contributed by atoms with Crippen LogP contribution in [0.15, 0.2) is 67.1 Å². The van der Waals surface area contributed by atoms with Crippen LogP contribution in [0.2, 0.25) is 0 Å². The third-order valence-electron chi connectivity index (χ3n) is 5.13. The number of hydrogen-bond donors (Lipinski definition) is 0. The summed E-state index contributed by atoms with van der Waals surface area (Å²) >= 11 is 0. The first-order chi connectivity index (χ1) is 14.4. The standard InChI is InChI=1S/C24H25N5O/c1-17-10-11-21(18(2)12-17)23-22(16-29(26-23)20-8-6-5-7-9-20)24(30)27(3)14-19-13-25-28(4)15-19/h5-13,15-16H,14H2,1-4H3. The molecule has 2 aromatic heterocycles. The number of carbonyl (C=O) groups is 1. The molecule has 0 N–H and O–H groups in total. The highest BCUT2D eigenvalue weighted by Gasteiger charge is 2.23. The van der Waals surface area contributed by atoms with E-state index in [1.807, 2.05) is 55.8 Å². The maximum atomic E-state index is 13.4. The van der Waals surface area contributed by atoms with E-state index in [0.29, 0.717) is 17.8 Å². The van der Waals surface area contributed by atoms with Crippen molar-refractivity contribution in [1.82, 2.24) is 24.5 Å². The molecule has 0 spiro atoms. The lowest BCUT2D eigenvalue weighted by atomic mass is 10.0. The van der Waals surface area contributed by atoms with Gasteiger partial charge >= 0.3 is 0 Å². The summed E-state index contributed by atoms with van der Waals surface area (Å²) in [5.74, 6) is -0.0731. The molecule has 0 radical (unpaired) electrons. The van der Waals surface area contributed by atoms with Crippen molar-refractivity contribution in [3.63, 3.8) is 0 Å². The zero-order chi connectivity index (χ0) is 21.3. The molecule has 0 aliphatic heterocycles. The summed E-state index contributed by atoms with van der Waals surface area (Å²) in [4.78, 5) is 15.1. The maximum Gasteiger partial charge on any atom is 0.257 e. The molecule has 6 nitrogen and oxygen atoms in total. The van der Waals surface area contributed by atoms with E-state index in [0.717, 1.165) is 22.4 Å². The molecule has 0 bridgehead atoms. The summed E-state index contributed by atoms with van der Waals surface area (Å²) in [5, 5.41) is 9.00. The Hall–Kier alpha value is -3.67. The predicted octanol–water partition coefficient (Wildman–Crippen LogP) is 4.16. The third kappa shape index (κ3) is 3.89. The van der Waals surface area contributed by atoms with Gasteiger partial charge in [0, 0.05) is 44.2 Å². The van der Waals surface area contributed by atoms with Crippen LogP contribution < -0.4 is 0 Å². The molecule has 4 rings (SSSR count). The molecule has 152 valence electrons. The molecule has 4 aromatic rings. The lowest BCUT2D eigenvalue weighted by Crippen LogP contribution is -2.26. The van der Waals surface area contributed by atoms with Crippen LogP contribution in [0.4, 0.5) is 0 Å². The minimum atomic E-state index is -0.0731. The number of aromatic nitrogens is 4. The van der Waals surface area contributed by atoms with E-state index in [4.69, 9.17) is 5.10 Å². The molecule has 0 aliphatic rings. The second kappa shape index (κ2) is 7.99. The summed E-state index contributed by atoms with van der Waals surface area (Å²) in [6.45, 7) is 4.60. The molecule has 30 heavy (non-hydrogen) atoms. The van der Waals surface area contributed by atoms with E-state index in [2.05, 4.69) is 31.1 Å². The summed E-state index contributed by atoms with van der Waals surface area (Å²) in [6.07, 6.45) is 5.52. The number of para-hydroxylation sites is 1. The van der Waals surface area contributed by atoms with Gasteiger partial charge in [0.15, 0.2) is 0 Å². The van der Waals surface area contributed by atoms with E-state index in [9.17, 15) is 4.79 Å². The van der Waals surface area contributed by atoms with E-state index >= 15 is 0 Å². The van der Waals surface area contributed by atoms with Crippen LogP contribution in [-0.2, 0) is 13.6 Å². The quantitative estimate of drug-likeness (QED) is 0.506. The van der Waals surface area contributed by atoms with Crippen molar-refractivity contribution in [3.05, 3.63) is 89.4 Å². The highest BCUT2D eigenvalue weighted by Crippen LogP contribution is 2.28. The lowest BCUT2D eigenvalue weighted by molar-refractivity contribution is 0.0786. The minimum absolute atomic E-state index is 0.0731. The van der Waals surface area contributed by atoms with Crippen molar-refractivity contribution in [1.29, 1.82) is 0 Å². The molecule has 0 unspecified atom stereocenters. The monoisotopic (exact) mass is 399 g/mol. The molecule has 1 amide bonds. The lowest BCUT2D eigenvalue weighted by Gasteiger charge is -2.16. The predicted molar refractivity (Wildman–Crippen MR) is 117 cm³/mol. The van der Waals surface area contributed by atoms with Crippen LogP contribution in [0.5, 0.6) is 0 Å². The topological polar surface area (TPSA) is 56.0 Å². The number of aryl methyl sites for hydroxylation is 3. The average Bonchev–Trinajstić information content (AvgIpc) is 3.34. The van der Waals surface area contributed by atoms with Crippen LogP contribution >= 0.6 is 0 Å². The van der Waals surface area contributed by atoms with Gasteiger partial charge in [0.2, 0.25) is 0 Å². The van der Waals surface area contributed by atoms with Crippen molar-refractivity contribution < 1.29 is 4.79 Å². The smallest absolute Gasteiger partial charge is 0.257 e. The summed E-state index contributed by atoms with van der Waals surface area (Å²) in [7, 11) is 3.68. The Labute approximate surface area is 176 Å². The second-order valence-corrected chi connectivity index (χ2v) is 7.67. The van der Waals surface area contributed by atoms with E-state index in [1.165, 1.54) is 5.56 Å². The van der Waals surface area contributed by atoms with Gasteiger partial charge < -0.3 is 4.90 Å². The van der Waals surface area contributed by atoms with E-state index < -0.39 is 0 Å². The number of benzene rings is 2. The van der Waals surface area contributed by atoms with Gasteiger partial charge in [-0.05, 0) is 31.5 Å². The first kappa shape index (κ1) is 19.6. The molecule has 0 aliphatic carbocycles. The largest absolute Gasteiger partial charge is 0.337 e. The maximum absolute atomic E-state index is 13.4. The Bertz CT molecular complexity index is 1190. The Kier molecular flexibility index (Phi) is 5.23. The number of nitrogens with zero attached hydrogens (tertiary/aromatic N) is 5. The van der Waals surface area contributed by atoms with Gasteiger partial charge in [-0.2, -0.15) is 10.2 Å².